The molecule has 2 unspecified atom stereocenters. The van der Waals surface area contributed by atoms with Crippen LogP contribution in [0.4, 0.5) is 0 Å². The van der Waals surface area contributed by atoms with Crippen LogP contribution in [0, 0.1) is 31.1 Å². The number of aryl methyl sites for hydroxylation is 2. The smallest absolute Gasteiger partial charge is 0.226 e. The largest absolute Gasteiger partial charge is 0.360 e. The molecule has 1 aromatic carbocycles. The van der Waals surface area contributed by atoms with Crippen LogP contribution in [0.15, 0.2) is 35.0 Å². The van der Waals surface area contributed by atoms with Crippen LogP contribution < -0.4 is 5.32 Å². The monoisotopic (exact) mass is 364 g/mol. The summed E-state index contributed by atoms with van der Waals surface area (Å²) in [6.45, 7) is 4.82. The first kappa shape index (κ1) is 17.0. The maximum absolute atomic E-state index is 13.3. The molecule has 1 aromatic heterocycles. The third-order valence-electron chi connectivity index (χ3n) is 7.58. The number of carbonyl (C=O) groups is 1. The molecule has 142 valence electrons. The molecule has 6 rings (SSSR count). The average molecular weight is 364 g/mol. The molecular weight excluding hydrogens is 336 g/mol. The molecule has 0 spiro atoms. The summed E-state index contributed by atoms with van der Waals surface area (Å²) in [5, 5.41) is 6.89. The molecule has 0 radical (unpaired) electrons. The van der Waals surface area contributed by atoms with Crippen LogP contribution in [-0.2, 0) is 16.8 Å². The Hall–Kier alpha value is -2.10. The number of aromatic nitrogens is 1. The Morgan fingerprint density at radius 3 is 2.59 bits per heavy atom. The van der Waals surface area contributed by atoms with Gasteiger partial charge in [-0.25, -0.2) is 0 Å². The molecular formula is C23H28N2O2. The van der Waals surface area contributed by atoms with Crippen LogP contribution in [-0.4, -0.2) is 11.1 Å². The van der Waals surface area contributed by atoms with Crippen molar-refractivity contribution in [3.8, 4) is 0 Å². The predicted molar refractivity (Wildman–Crippen MR) is 103 cm³/mol. The van der Waals surface area contributed by atoms with E-state index in [1.54, 1.807) is 6.20 Å². The summed E-state index contributed by atoms with van der Waals surface area (Å²) < 4.78 is 5.15. The number of nitrogens with one attached hydrogen (secondary N) is 1. The van der Waals surface area contributed by atoms with Crippen molar-refractivity contribution in [2.75, 3.05) is 0 Å². The standard InChI is InChI=1S/C23H28N2O2/c1-15-3-4-19(7-16(15)2)22-9-17-8-18(10-22)12-23(11-17,14-22)21(26)24-13-20-5-6-25-27-20/h3-7,17-18H,8-14H2,1-2H3,(H,24,26). The Balaban J connectivity index is 1.44. The highest BCUT2D eigenvalue weighted by molar-refractivity contribution is 5.83. The highest BCUT2D eigenvalue weighted by atomic mass is 16.5. The molecule has 2 atom stereocenters. The second-order valence-corrected chi connectivity index (χ2v) is 9.48. The van der Waals surface area contributed by atoms with Crippen molar-refractivity contribution < 1.29 is 9.32 Å². The third-order valence-corrected chi connectivity index (χ3v) is 7.58. The van der Waals surface area contributed by atoms with Crippen LogP contribution >= 0.6 is 0 Å². The van der Waals surface area contributed by atoms with E-state index < -0.39 is 0 Å². The van der Waals surface area contributed by atoms with E-state index in [1.807, 2.05) is 6.07 Å². The van der Waals surface area contributed by atoms with E-state index >= 15 is 0 Å². The maximum atomic E-state index is 13.3. The second-order valence-electron chi connectivity index (χ2n) is 9.48. The van der Waals surface area contributed by atoms with Crippen LogP contribution in [0.5, 0.6) is 0 Å². The Morgan fingerprint density at radius 2 is 1.93 bits per heavy atom. The van der Waals surface area contributed by atoms with Crippen LogP contribution in [0.2, 0.25) is 0 Å². The number of benzene rings is 1. The van der Waals surface area contributed by atoms with Crippen molar-refractivity contribution in [2.45, 2.75) is 64.3 Å². The molecule has 0 aliphatic heterocycles. The van der Waals surface area contributed by atoms with Crippen molar-refractivity contribution >= 4 is 5.91 Å². The molecule has 1 heterocycles. The van der Waals surface area contributed by atoms with Crippen molar-refractivity contribution in [1.82, 2.24) is 10.5 Å². The minimum atomic E-state index is -0.205. The molecule has 4 aliphatic rings. The minimum absolute atomic E-state index is 0.187. The van der Waals surface area contributed by atoms with Crippen LogP contribution in [0.1, 0.15) is 61.0 Å². The molecule has 4 saturated carbocycles. The first-order valence-corrected chi connectivity index (χ1v) is 10.2. The predicted octanol–water partition coefficient (Wildman–Crippen LogP) is 4.45. The molecule has 1 amide bonds. The summed E-state index contributed by atoms with van der Waals surface area (Å²) in [6, 6.07) is 8.80. The first-order valence-electron chi connectivity index (χ1n) is 10.2. The normalized spacial score (nSPS) is 34.0. The molecule has 4 aliphatic carbocycles. The van der Waals surface area contributed by atoms with E-state index in [-0.39, 0.29) is 16.7 Å². The molecule has 4 heteroatoms. The number of hydrogen-bond acceptors (Lipinski definition) is 3. The van der Waals surface area contributed by atoms with Crippen molar-refractivity contribution in [1.29, 1.82) is 0 Å². The fourth-order valence-electron chi connectivity index (χ4n) is 6.63. The highest BCUT2D eigenvalue weighted by Gasteiger charge is 2.60. The first-order chi connectivity index (χ1) is 13.0. The molecule has 4 fully saturated rings. The Labute approximate surface area is 160 Å². The maximum Gasteiger partial charge on any atom is 0.226 e. The molecule has 4 bridgehead atoms. The summed E-state index contributed by atoms with van der Waals surface area (Å²) in [7, 11) is 0. The molecule has 4 nitrogen and oxygen atoms in total. The average Bonchev–Trinajstić information content (AvgIpc) is 3.14. The fraction of sp³-hybridized carbons (Fsp3) is 0.565. The van der Waals surface area contributed by atoms with Gasteiger partial charge in [0.25, 0.3) is 0 Å². The van der Waals surface area contributed by atoms with Gasteiger partial charge in [0.1, 0.15) is 0 Å². The lowest BCUT2D eigenvalue weighted by molar-refractivity contribution is -0.149. The minimum Gasteiger partial charge on any atom is -0.360 e. The van der Waals surface area contributed by atoms with E-state index in [2.05, 4.69) is 42.5 Å². The van der Waals surface area contributed by atoms with Gasteiger partial charge < -0.3 is 9.84 Å². The summed E-state index contributed by atoms with van der Waals surface area (Å²) >= 11 is 0. The third kappa shape index (κ3) is 2.72. The fourth-order valence-corrected chi connectivity index (χ4v) is 6.63. The van der Waals surface area contributed by atoms with E-state index in [9.17, 15) is 4.79 Å². The summed E-state index contributed by atoms with van der Waals surface area (Å²) in [5.74, 6) is 2.31. The van der Waals surface area contributed by atoms with E-state index in [0.29, 0.717) is 18.4 Å². The zero-order valence-electron chi connectivity index (χ0n) is 16.3. The number of carbonyl (C=O) groups excluding carboxylic acids is 1. The van der Waals surface area contributed by atoms with Gasteiger partial charge in [-0.05, 0) is 86.3 Å². The number of rotatable bonds is 4. The summed E-state index contributed by atoms with van der Waals surface area (Å²) in [6.07, 6.45) is 8.55. The van der Waals surface area contributed by atoms with Gasteiger partial charge in [0.05, 0.1) is 18.2 Å². The van der Waals surface area contributed by atoms with Gasteiger partial charge in [-0.15, -0.1) is 0 Å². The quantitative estimate of drug-likeness (QED) is 0.872. The summed E-state index contributed by atoms with van der Waals surface area (Å²) in [4.78, 5) is 13.3. The SMILES string of the molecule is Cc1ccc(C23CC4CC(CC(C(=O)NCc5ccno5)(C4)C2)C3)cc1C. The Bertz CT molecular complexity index is 857. The van der Waals surface area contributed by atoms with Crippen molar-refractivity contribution in [2.24, 2.45) is 17.3 Å². The van der Waals surface area contributed by atoms with E-state index in [0.717, 1.165) is 25.0 Å². The van der Waals surface area contributed by atoms with Gasteiger partial charge in [0.2, 0.25) is 5.91 Å². The van der Waals surface area contributed by atoms with Crippen LogP contribution in [0.3, 0.4) is 0 Å². The molecule has 2 aromatic rings. The van der Waals surface area contributed by atoms with Crippen molar-refractivity contribution in [3.05, 3.63) is 52.9 Å². The van der Waals surface area contributed by atoms with Crippen LogP contribution in [0.25, 0.3) is 0 Å². The topological polar surface area (TPSA) is 55.1 Å². The zero-order valence-corrected chi connectivity index (χ0v) is 16.3. The lowest BCUT2D eigenvalue weighted by atomic mass is 9.42. The second kappa shape index (κ2) is 5.95. The molecule has 27 heavy (non-hydrogen) atoms. The number of hydrogen-bond donors (Lipinski definition) is 1. The van der Waals surface area contributed by atoms with Gasteiger partial charge in [-0.2, -0.15) is 0 Å². The Kier molecular flexibility index (Phi) is 3.75. The van der Waals surface area contributed by atoms with E-state index in [1.165, 1.54) is 36.0 Å². The lowest BCUT2D eigenvalue weighted by Crippen LogP contribution is -2.59. The van der Waals surface area contributed by atoms with Gasteiger partial charge >= 0.3 is 0 Å². The lowest BCUT2D eigenvalue weighted by Gasteiger charge is -2.61. The van der Waals surface area contributed by atoms with Gasteiger partial charge in [0.15, 0.2) is 5.76 Å². The van der Waals surface area contributed by atoms with Gasteiger partial charge in [0, 0.05) is 6.07 Å². The number of amides is 1. The summed E-state index contributed by atoms with van der Waals surface area (Å²) in [5.41, 5.74) is 4.16. The molecule has 0 saturated heterocycles. The highest BCUT2D eigenvalue weighted by Crippen LogP contribution is 2.65. The van der Waals surface area contributed by atoms with Gasteiger partial charge in [-0.3, -0.25) is 4.79 Å². The van der Waals surface area contributed by atoms with Gasteiger partial charge in [-0.1, -0.05) is 23.4 Å². The van der Waals surface area contributed by atoms with Crippen molar-refractivity contribution in [3.63, 3.8) is 0 Å². The Morgan fingerprint density at radius 1 is 1.15 bits per heavy atom. The zero-order chi connectivity index (χ0) is 18.6. The number of nitrogens with zero attached hydrogens (tertiary/aromatic N) is 1. The molecule has 1 N–H and O–H groups in total. The van der Waals surface area contributed by atoms with E-state index in [4.69, 9.17) is 4.52 Å².